The predicted octanol–water partition coefficient (Wildman–Crippen LogP) is 4.45. The van der Waals surface area contributed by atoms with Gasteiger partial charge in [0.25, 0.3) is 0 Å². The van der Waals surface area contributed by atoms with Crippen LogP contribution in [0.3, 0.4) is 0 Å². The molecule has 0 aliphatic carbocycles. The molecule has 0 saturated heterocycles. The maximum atomic E-state index is 6.06. The summed E-state index contributed by atoms with van der Waals surface area (Å²) in [7, 11) is 1.74. The van der Waals surface area contributed by atoms with Gasteiger partial charge in [-0.15, -0.1) is 0 Å². The van der Waals surface area contributed by atoms with E-state index in [9.17, 15) is 0 Å². The summed E-state index contributed by atoms with van der Waals surface area (Å²) in [6.45, 7) is 6.43. The fourth-order valence-electron chi connectivity index (χ4n) is 3.22. The van der Waals surface area contributed by atoms with Gasteiger partial charge in [0.15, 0.2) is 0 Å². The van der Waals surface area contributed by atoms with Crippen molar-refractivity contribution in [2.75, 3.05) is 12.4 Å². The Hall–Kier alpha value is -2.16. The van der Waals surface area contributed by atoms with E-state index in [1.807, 2.05) is 18.2 Å². The number of benzene rings is 2. The monoisotopic (exact) mass is 311 g/mol. The molecule has 3 rings (SSSR count). The first-order valence-electron chi connectivity index (χ1n) is 8.17. The van der Waals surface area contributed by atoms with Crippen LogP contribution in [0.5, 0.6) is 11.5 Å². The van der Waals surface area contributed by atoms with Gasteiger partial charge in [-0.05, 0) is 57.0 Å². The highest BCUT2D eigenvalue weighted by atomic mass is 16.5. The van der Waals surface area contributed by atoms with Crippen LogP contribution in [0, 0.1) is 0 Å². The van der Waals surface area contributed by atoms with Crippen molar-refractivity contribution in [2.24, 2.45) is 0 Å². The normalized spacial score (nSPS) is 16.3. The molecule has 1 heterocycles. The average Bonchev–Trinajstić information content (AvgIpc) is 2.80. The number of nitrogens with one attached hydrogen (secondary N) is 1. The van der Waals surface area contributed by atoms with Crippen molar-refractivity contribution < 1.29 is 9.47 Å². The van der Waals surface area contributed by atoms with Crippen molar-refractivity contribution >= 4 is 5.69 Å². The predicted molar refractivity (Wildman–Crippen MR) is 94.6 cm³/mol. The number of ether oxygens (including phenoxy) is 2. The number of para-hydroxylation sites is 1. The molecule has 0 spiro atoms. The Morgan fingerprint density at radius 1 is 1.22 bits per heavy atom. The second-order valence-corrected chi connectivity index (χ2v) is 6.93. The Labute approximate surface area is 138 Å². The SMILES string of the molecule is COc1cc2c(cc1CC(C)Nc1ccccc1)OC(C)(C)C2. The van der Waals surface area contributed by atoms with E-state index in [-0.39, 0.29) is 5.60 Å². The van der Waals surface area contributed by atoms with E-state index >= 15 is 0 Å². The van der Waals surface area contributed by atoms with E-state index in [1.165, 1.54) is 11.1 Å². The van der Waals surface area contributed by atoms with Gasteiger partial charge in [0.2, 0.25) is 0 Å². The molecule has 3 nitrogen and oxygen atoms in total. The van der Waals surface area contributed by atoms with Gasteiger partial charge in [-0.1, -0.05) is 18.2 Å². The highest BCUT2D eigenvalue weighted by Crippen LogP contribution is 2.39. The van der Waals surface area contributed by atoms with Gasteiger partial charge in [-0.2, -0.15) is 0 Å². The maximum absolute atomic E-state index is 6.06. The van der Waals surface area contributed by atoms with Crippen LogP contribution in [0.1, 0.15) is 31.9 Å². The summed E-state index contributed by atoms with van der Waals surface area (Å²) in [6, 6.07) is 14.9. The Balaban J connectivity index is 1.77. The van der Waals surface area contributed by atoms with Crippen molar-refractivity contribution in [3.05, 3.63) is 53.6 Å². The zero-order chi connectivity index (χ0) is 16.4. The lowest BCUT2D eigenvalue weighted by molar-refractivity contribution is 0.138. The van der Waals surface area contributed by atoms with Crippen LogP contribution >= 0.6 is 0 Å². The third kappa shape index (κ3) is 3.61. The lowest BCUT2D eigenvalue weighted by atomic mass is 9.98. The van der Waals surface area contributed by atoms with Gasteiger partial charge in [0.05, 0.1) is 7.11 Å². The number of hydrogen-bond acceptors (Lipinski definition) is 3. The molecule has 1 aliphatic rings. The number of rotatable bonds is 5. The highest BCUT2D eigenvalue weighted by Gasteiger charge is 2.31. The Morgan fingerprint density at radius 3 is 2.65 bits per heavy atom. The first-order valence-corrected chi connectivity index (χ1v) is 8.17. The molecule has 23 heavy (non-hydrogen) atoms. The van der Waals surface area contributed by atoms with Crippen molar-refractivity contribution in [3.63, 3.8) is 0 Å². The van der Waals surface area contributed by atoms with Gasteiger partial charge < -0.3 is 14.8 Å². The van der Waals surface area contributed by atoms with Crippen LogP contribution < -0.4 is 14.8 Å². The standard InChI is InChI=1S/C20H25NO2/c1-14(21-17-8-6-5-7-9-17)10-15-11-19-16(12-18(15)22-4)13-20(2,3)23-19/h5-9,11-12,14,21H,10,13H2,1-4H3. The molecule has 0 amide bonds. The second-order valence-electron chi connectivity index (χ2n) is 6.93. The largest absolute Gasteiger partial charge is 0.496 e. The number of hydrogen-bond donors (Lipinski definition) is 1. The van der Waals surface area contributed by atoms with Crippen molar-refractivity contribution in [1.82, 2.24) is 0 Å². The number of anilines is 1. The molecule has 122 valence electrons. The Bertz CT molecular complexity index is 680. The van der Waals surface area contributed by atoms with Crippen LogP contribution in [0.2, 0.25) is 0 Å². The quantitative estimate of drug-likeness (QED) is 0.885. The zero-order valence-electron chi connectivity index (χ0n) is 14.3. The lowest BCUT2D eigenvalue weighted by Crippen LogP contribution is -2.24. The first-order chi connectivity index (χ1) is 11.0. The average molecular weight is 311 g/mol. The molecule has 1 atom stereocenters. The van der Waals surface area contributed by atoms with Gasteiger partial charge in [0.1, 0.15) is 17.1 Å². The smallest absolute Gasteiger partial charge is 0.124 e. The summed E-state index contributed by atoms with van der Waals surface area (Å²) in [4.78, 5) is 0. The third-order valence-electron chi connectivity index (χ3n) is 4.18. The van der Waals surface area contributed by atoms with E-state index in [0.717, 1.165) is 30.0 Å². The molecular weight excluding hydrogens is 286 g/mol. The second kappa shape index (κ2) is 6.15. The molecule has 0 radical (unpaired) electrons. The topological polar surface area (TPSA) is 30.5 Å². The summed E-state index contributed by atoms with van der Waals surface area (Å²) in [6.07, 6.45) is 1.81. The summed E-state index contributed by atoms with van der Waals surface area (Å²) >= 11 is 0. The molecule has 2 aromatic rings. The Kier molecular flexibility index (Phi) is 4.20. The molecule has 3 heteroatoms. The molecule has 1 aliphatic heterocycles. The number of fused-ring (bicyclic) bond motifs is 1. The van der Waals surface area contributed by atoms with Crippen LogP contribution in [0.25, 0.3) is 0 Å². The van der Waals surface area contributed by atoms with E-state index < -0.39 is 0 Å². The van der Waals surface area contributed by atoms with Gasteiger partial charge in [-0.3, -0.25) is 0 Å². The van der Waals surface area contributed by atoms with E-state index in [1.54, 1.807) is 7.11 Å². The van der Waals surface area contributed by atoms with Crippen LogP contribution in [0.4, 0.5) is 5.69 Å². The fraction of sp³-hybridized carbons (Fsp3) is 0.400. The van der Waals surface area contributed by atoms with Gasteiger partial charge in [0, 0.05) is 23.7 Å². The van der Waals surface area contributed by atoms with Crippen LogP contribution in [-0.2, 0) is 12.8 Å². The molecule has 1 unspecified atom stereocenters. The van der Waals surface area contributed by atoms with Crippen LogP contribution in [0.15, 0.2) is 42.5 Å². The summed E-state index contributed by atoms with van der Waals surface area (Å²) in [5.41, 5.74) is 3.43. The zero-order valence-corrected chi connectivity index (χ0v) is 14.3. The van der Waals surface area contributed by atoms with Crippen molar-refractivity contribution in [3.8, 4) is 11.5 Å². The van der Waals surface area contributed by atoms with Crippen molar-refractivity contribution in [1.29, 1.82) is 0 Å². The summed E-state index contributed by atoms with van der Waals surface area (Å²) < 4.78 is 11.7. The molecule has 1 N–H and O–H groups in total. The van der Waals surface area contributed by atoms with Crippen molar-refractivity contribution in [2.45, 2.75) is 45.3 Å². The van der Waals surface area contributed by atoms with E-state index in [2.05, 4.69) is 50.4 Å². The molecule has 0 bridgehead atoms. The van der Waals surface area contributed by atoms with Gasteiger partial charge in [-0.25, -0.2) is 0 Å². The molecule has 0 fully saturated rings. The minimum atomic E-state index is -0.125. The molecule has 0 aromatic heterocycles. The summed E-state index contributed by atoms with van der Waals surface area (Å²) in [5.74, 6) is 1.95. The van der Waals surface area contributed by atoms with Gasteiger partial charge >= 0.3 is 0 Å². The fourth-order valence-corrected chi connectivity index (χ4v) is 3.22. The number of methoxy groups -OCH3 is 1. The lowest BCUT2D eigenvalue weighted by Gasteiger charge is -2.19. The minimum absolute atomic E-state index is 0.125. The maximum Gasteiger partial charge on any atom is 0.124 e. The van der Waals surface area contributed by atoms with E-state index in [0.29, 0.717) is 6.04 Å². The molecule has 0 saturated carbocycles. The molecule has 2 aromatic carbocycles. The van der Waals surface area contributed by atoms with Crippen LogP contribution in [-0.4, -0.2) is 18.8 Å². The Morgan fingerprint density at radius 2 is 1.96 bits per heavy atom. The summed E-state index contributed by atoms with van der Waals surface area (Å²) in [5, 5.41) is 3.53. The van der Waals surface area contributed by atoms with E-state index in [4.69, 9.17) is 9.47 Å². The third-order valence-corrected chi connectivity index (χ3v) is 4.18. The highest BCUT2D eigenvalue weighted by molar-refractivity contribution is 5.50. The minimum Gasteiger partial charge on any atom is -0.496 e. The first kappa shape index (κ1) is 15.7. The molecular formula is C20H25NO2.